The maximum atomic E-state index is 10.8. The third kappa shape index (κ3) is 7.26. The van der Waals surface area contributed by atoms with Crippen molar-refractivity contribution in [3.05, 3.63) is 45.9 Å². The normalized spacial score (nSPS) is 11.5. The molecule has 0 aliphatic carbocycles. The number of rotatable bonds is 9. The minimum absolute atomic E-state index is 0.136. The van der Waals surface area contributed by atoms with E-state index in [2.05, 4.69) is 39.8 Å². The van der Waals surface area contributed by atoms with Gasteiger partial charge in [0, 0.05) is 11.9 Å². The Labute approximate surface area is 164 Å². The Kier molecular flexibility index (Phi) is 8.06. The Hall–Kier alpha value is -2.61. The van der Waals surface area contributed by atoms with E-state index in [1.54, 1.807) is 17.4 Å². The van der Waals surface area contributed by atoms with Gasteiger partial charge in [-0.05, 0) is 30.5 Å². The maximum Gasteiger partial charge on any atom is 0.255 e. The number of nitrogens with two attached hydrogens (primary N) is 1. The van der Waals surface area contributed by atoms with Gasteiger partial charge in [0.1, 0.15) is 10.8 Å². The summed E-state index contributed by atoms with van der Waals surface area (Å²) in [4.78, 5) is 20.1. The van der Waals surface area contributed by atoms with Gasteiger partial charge in [-0.15, -0.1) is 11.3 Å². The van der Waals surface area contributed by atoms with Crippen molar-refractivity contribution in [3.8, 4) is 5.75 Å². The molecule has 4 N–H and O–H groups in total. The van der Waals surface area contributed by atoms with Crippen LogP contribution in [0.25, 0.3) is 0 Å². The number of nitrogens with one attached hydrogen (secondary N) is 2. The van der Waals surface area contributed by atoms with Gasteiger partial charge in [-0.25, -0.2) is 9.98 Å². The maximum absolute atomic E-state index is 10.8. The molecule has 0 aliphatic heterocycles. The second kappa shape index (κ2) is 10.5. The molecule has 1 aromatic heterocycles. The topological polar surface area (TPSA) is 102 Å². The summed E-state index contributed by atoms with van der Waals surface area (Å²) in [5, 5.41) is 9.67. The number of aliphatic imine (C=N–C) groups is 1. The summed E-state index contributed by atoms with van der Waals surface area (Å²) in [7, 11) is 0. The average molecular weight is 390 g/mol. The summed E-state index contributed by atoms with van der Waals surface area (Å²) in [5.41, 5.74) is 7.20. The second-order valence-electron chi connectivity index (χ2n) is 6.27. The fourth-order valence-electron chi connectivity index (χ4n) is 2.23. The van der Waals surface area contributed by atoms with E-state index < -0.39 is 5.91 Å². The number of ether oxygens (including phenoxy) is 1. The number of carbonyl (C=O) groups excluding carboxylic acids is 1. The van der Waals surface area contributed by atoms with Gasteiger partial charge < -0.3 is 21.1 Å². The average Bonchev–Trinajstić information content (AvgIpc) is 3.12. The zero-order valence-electron chi connectivity index (χ0n) is 16.0. The second-order valence-corrected chi connectivity index (χ2v) is 7.21. The van der Waals surface area contributed by atoms with Crippen molar-refractivity contribution in [1.29, 1.82) is 0 Å². The SMILES string of the molecule is CCNC(=NCc1cccc(OCC(N)=O)c1)NCc1nc(C(C)C)cs1. The van der Waals surface area contributed by atoms with Crippen LogP contribution in [-0.2, 0) is 17.9 Å². The molecule has 0 saturated carbocycles. The van der Waals surface area contributed by atoms with Crippen LogP contribution in [0, 0.1) is 0 Å². The van der Waals surface area contributed by atoms with Gasteiger partial charge in [0.15, 0.2) is 12.6 Å². The smallest absolute Gasteiger partial charge is 0.255 e. The molecule has 1 heterocycles. The molecule has 1 amide bonds. The van der Waals surface area contributed by atoms with Crippen molar-refractivity contribution >= 4 is 23.2 Å². The van der Waals surface area contributed by atoms with E-state index in [4.69, 9.17) is 10.5 Å². The third-order valence-electron chi connectivity index (χ3n) is 3.61. The summed E-state index contributed by atoms with van der Waals surface area (Å²) in [6.07, 6.45) is 0. The van der Waals surface area contributed by atoms with E-state index in [-0.39, 0.29) is 6.61 Å². The summed E-state index contributed by atoms with van der Waals surface area (Å²) in [6.45, 7) is 8.04. The molecule has 27 heavy (non-hydrogen) atoms. The van der Waals surface area contributed by atoms with Gasteiger partial charge in [-0.3, -0.25) is 4.79 Å². The summed E-state index contributed by atoms with van der Waals surface area (Å²) in [5.74, 6) is 1.26. The standard InChI is InChI=1S/C19H27N5O2S/c1-4-21-19(23-10-18-24-16(12-27-18)13(2)3)22-9-14-6-5-7-15(8-14)26-11-17(20)25/h5-8,12-13H,4,9-11H2,1-3H3,(H2,20,25)(H2,21,22,23). The molecule has 7 nitrogen and oxygen atoms in total. The quantitative estimate of drug-likeness (QED) is 0.451. The van der Waals surface area contributed by atoms with Crippen LogP contribution in [0.4, 0.5) is 0 Å². The van der Waals surface area contributed by atoms with E-state index >= 15 is 0 Å². The Morgan fingerprint density at radius 1 is 1.37 bits per heavy atom. The van der Waals surface area contributed by atoms with Gasteiger partial charge >= 0.3 is 0 Å². The van der Waals surface area contributed by atoms with E-state index in [1.165, 1.54) is 0 Å². The van der Waals surface area contributed by atoms with Gasteiger partial charge in [-0.1, -0.05) is 26.0 Å². The first kappa shape index (κ1) is 20.7. The molecule has 0 radical (unpaired) electrons. The Bertz CT molecular complexity index is 773. The van der Waals surface area contributed by atoms with Crippen molar-refractivity contribution < 1.29 is 9.53 Å². The summed E-state index contributed by atoms with van der Waals surface area (Å²) in [6, 6.07) is 7.46. The van der Waals surface area contributed by atoms with Gasteiger partial charge in [0.2, 0.25) is 0 Å². The van der Waals surface area contributed by atoms with Crippen molar-refractivity contribution in [1.82, 2.24) is 15.6 Å². The first-order valence-corrected chi connectivity index (χ1v) is 9.82. The first-order valence-electron chi connectivity index (χ1n) is 8.94. The van der Waals surface area contributed by atoms with E-state index in [0.717, 1.165) is 28.8 Å². The van der Waals surface area contributed by atoms with Crippen molar-refractivity contribution in [2.45, 2.75) is 39.8 Å². The number of guanidine groups is 1. The monoisotopic (exact) mass is 389 g/mol. The molecular weight excluding hydrogens is 362 g/mol. The Morgan fingerprint density at radius 3 is 2.85 bits per heavy atom. The highest BCUT2D eigenvalue weighted by Crippen LogP contribution is 2.17. The number of primary amides is 1. The molecular formula is C19H27N5O2S. The minimum atomic E-state index is -0.500. The highest BCUT2D eigenvalue weighted by atomic mass is 32.1. The molecule has 0 spiro atoms. The van der Waals surface area contributed by atoms with Crippen molar-refractivity contribution in [3.63, 3.8) is 0 Å². The lowest BCUT2D eigenvalue weighted by atomic mass is 10.2. The number of hydrogen-bond donors (Lipinski definition) is 3. The molecule has 0 unspecified atom stereocenters. The van der Waals surface area contributed by atoms with Crippen molar-refractivity contribution in [2.24, 2.45) is 10.7 Å². The number of thiazole rings is 1. The number of benzene rings is 1. The number of carbonyl (C=O) groups is 1. The number of amides is 1. The largest absolute Gasteiger partial charge is 0.484 e. The molecule has 8 heteroatoms. The lowest BCUT2D eigenvalue weighted by Gasteiger charge is -2.10. The van der Waals surface area contributed by atoms with Crippen LogP contribution in [0.5, 0.6) is 5.75 Å². The number of aromatic nitrogens is 1. The van der Waals surface area contributed by atoms with Crippen LogP contribution in [-0.4, -0.2) is 30.0 Å². The van der Waals surface area contributed by atoms with Gasteiger partial charge in [0.05, 0.1) is 18.8 Å². The lowest BCUT2D eigenvalue weighted by molar-refractivity contribution is -0.119. The fourth-order valence-corrected chi connectivity index (χ4v) is 3.13. The molecule has 0 aliphatic rings. The van der Waals surface area contributed by atoms with Crippen LogP contribution in [0.1, 0.15) is 43.0 Å². The van der Waals surface area contributed by atoms with Crippen LogP contribution in [0.15, 0.2) is 34.6 Å². The van der Waals surface area contributed by atoms with Crippen LogP contribution in [0.2, 0.25) is 0 Å². The molecule has 0 bridgehead atoms. The highest BCUT2D eigenvalue weighted by Gasteiger charge is 2.06. The molecule has 2 aromatic rings. The molecule has 2 rings (SSSR count). The first-order chi connectivity index (χ1) is 13.0. The summed E-state index contributed by atoms with van der Waals surface area (Å²) < 4.78 is 5.33. The van der Waals surface area contributed by atoms with Crippen LogP contribution >= 0.6 is 11.3 Å². The predicted molar refractivity (Wildman–Crippen MR) is 109 cm³/mol. The summed E-state index contributed by atoms with van der Waals surface area (Å²) >= 11 is 1.65. The molecule has 146 valence electrons. The zero-order chi connectivity index (χ0) is 19.6. The number of nitrogens with zero attached hydrogens (tertiary/aromatic N) is 2. The van der Waals surface area contributed by atoms with E-state index in [9.17, 15) is 4.79 Å². The van der Waals surface area contributed by atoms with E-state index in [0.29, 0.717) is 24.8 Å². The Morgan fingerprint density at radius 2 is 2.19 bits per heavy atom. The third-order valence-corrected chi connectivity index (χ3v) is 4.48. The van der Waals surface area contributed by atoms with Gasteiger partial charge in [-0.2, -0.15) is 0 Å². The highest BCUT2D eigenvalue weighted by molar-refractivity contribution is 7.09. The van der Waals surface area contributed by atoms with E-state index in [1.807, 2.05) is 25.1 Å². The zero-order valence-corrected chi connectivity index (χ0v) is 16.8. The minimum Gasteiger partial charge on any atom is -0.484 e. The predicted octanol–water partition coefficient (Wildman–Crippen LogP) is 2.39. The van der Waals surface area contributed by atoms with Crippen LogP contribution < -0.4 is 21.1 Å². The molecule has 1 aromatic carbocycles. The molecule has 0 saturated heterocycles. The van der Waals surface area contributed by atoms with Crippen LogP contribution in [0.3, 0.4) is 0 Å². The number of hydrogen-bond acceptors (Lipinski definition) is 5. The fraction of sp³-hybridized carbons (Fsp3) is 0.421. The van der Waals surface area contributed by atoms with Crippen molar-refractivity contribution in [2.75, 3.05) is 13.2 Å². The molecule has 0 fully saturated rings. The van der Waals surface area contributed by atoms with Gasteiger partial charge in [0.25, 0.3) is 5.91 Å². The lowest BCUT2D eigenvalue weighted by Crippen LogP contribution is -2.36. The Balaban J connectivity index is 1.95. The molecule has 0 atom stereocenters.